The topological polar surface area (TPSA) is 25.8 Å². The molecule has 0 bridgehead atoms. The predicted octanol–water partition coefficient (Wildman–Crippen LogP) is 3.24. The van der Waals surface area contributed by atoms with Crippen LogP contribution < -0.4 is 0 Å². The fourth-order valence-electron chi connectivity index (χ4n) is 1.45. The van der Waals surface area contributed by atoms with E-state index in [1.807, 2.05) is 6.20 Å². The third-order valence-electron chi connectivity index (χ3n) is 2.40. The van der Waals surface area contributed by atoms with Gasteiger partial charge in [-0.1, -0.05) is 13.8 Å². The minimum Gasteiger partial charge on any atom is -0.159 e. The zero-order valence-corrected chi connectivity index (χ0v) is 9.50. The van der Waals surface area contributed by atoms with Crippen molar-refractivity contribution in [3.63, 3.8) is 0 Å². The van der Waals surface area contributed by atoms with Crippen molar-refractivity contribution < 1.29 is 0 Å². The summed E-state index contributed by atoms with van der Waals surface area (Å²) in [6.45, 7) is 4.29. The fraction of sp³-hybridized carbons (Fsp3) is 0.600. The summed E-state index contributed by atoms with van der Waals surface area (Å²) in [5.74, 6) is 1.18. The van der Waals surface area contributed by atoms with E-state index in [9.17, 15) is 0 Å². The minimum atomic E-state index is 0.445. The largest absolute Gasteiger partial charge is 0.159 e. The lowest BCUT2D eigenvalue weighted by molar-refractivity contribution is 0.767. The van der Waals surface area contributed by atoms with Gasteiger partial charge < -0.3 is 0 Å². The molecule has 0 saturated heterocycles. The number of hydrogen-bond acceptors (Lipinski definition) is 2. The standard InChI is InChI=1S/C10H13BrN2/c1-6(2)10-9(11)8(5-12-13-10)7-3-4-7/h5-7H,3-4H2,1-2H3. The Labute approximate surface area is 86.9 Å². The van der Waals surface area contributed by atoms with Crippen LogP contribution in [0.5, 0.6) is 0 Å². The van der Waals surface area contributed by atoms with Crippen LogP contribution in [0.3, 0.4) is 0 Å². The Balaban J connectivity index is 2.41. The van der Waals surface area contributed by atoms with Gasteiger partial charge in [0.05, 0.1) is 11.9 Å². The molecule has 0 amide bonds. The second-order valence-corrected chi connectivity index (χ2v) is 4.72. The van der Waals surface area contributed by atoms with E-state index in [1.54, 1.807) is 0 Å². The molecule has 0 aliphatic heterocycles. The summed E-state index contributed by atoms with van der Waals surface area (Å²) in [7, 11) is 0. The molecule has 1 heterocycles. The van der Waals surface area contributed by atoms with E-state index in [0.29, 0.717) is 5.92 Å². The van der Waals surface area contributed by atoms with E-state index < -0.39 is 0 Å². The Kier molecular flexibility index (Phi) is 2.37. The van der Waals surface area contributed by atoms with Gasteiger partial charge in [-0.15, -0.1) is 0 Å². The van der Waals surface area contributed by atoms with Crippen LogP contribution in [0.4, 0.5) is 0 Å². The molecule has 0 unspecified atom stereocenters. The Morgan fingerprint density at radius 1 is 1.46 bits per heavy atom. The van der Waals surface area contributed by atoms with Gasteiger partial charge in [0, 0.05) is 4.47 Å². The molecule has 1 fully saturated rings. The quantitative estimate of drug-likeness (QED) is 0.794. The van der Waals surface area contributed by atoms with Gasteiger partial charge in [-0.3, -0.25) is 0 Å². The monoisotopic (exact) mass is 240 g/mol. The van der Waals surface area contributed by atoms with E-state index >= 15 is 0 Å². The first-order valence-electron chi connectivity index (χ1n) is 4.71. The summed E-state index contributed by atoms with van der Waals surface area (Å²) in [5.41, 5.74) is 2.43. The molecule has 1 aromatic heterocycles. The van der Waals surface area contributed by atoms with Crippen molar-refractivity contribution in [1.29, 1.82) is 0 Å². The summed E-state index contributed by atoms with van der Waals surface area (Å²) in [4.78, 5) is 0. The lowest BCUT2D eigenvalue weighted by Crippen LogP contribution is -1.99. The minimum absolute atomic E-state index is 0.445. The van der Waals surface area contributed by atoms with Crippen LogP contribution in [0.15, 0.2) is 10.7 Å². The van der Waals surface area contributed by atoms with Crippen molar-refractivity contribution >= 4 is 15.9 Å². The van der Waals surface area contributed by atoms with Crippen molar-refractivity contribution in [2.45, 2.75) is 38.5 Å². The van der Waals surface area contributed by atoms with Gasteiger partial charge in [-0.05, 0) is 46.2 Å². The van der Waals surface area contributed by atoms with E-state index in [-0.39, 0.29) is 0 Å². The molecule has 2 rings (SSSR count). The molecule has 1 aliphatic carbocycles. The zero-order chi connectivity index (χ0) is 9.42. The van der Waals surface area contributed by atoms with Gasteiger partial charge in [-0.2, -0.15) is 10.2 Å². The van der Waals surface area contributed by atoms with Crippen LogP contribution in [-0.4, -0.2) is 10.2 Å². The summed E-state index contributed by atoms with van der Waals surface area (Å²) in [6.07, 6.45) is 4.51. The van der Waals surface area contributed by atoms with Gasteiger partial charge in [0.1, 0.15) is 0 Å². The highest BCUT2D eigenvalue weighted by Crippen LogP contribution is 2.44. The van der Waals surface area contributed by atoms with Crippen LogP contribution in [-0.2, 0) is 0 Å². The molecule has 13 heavy (non-hydrogen) atoms. The van der Waals surface area contributed by atoms with Gasteiger partial charge >= 0.3 is 0 Å². The van der Waals surface area contributed by atoms with Crippen molar-refractivity contribution in [3.05, 3.63) is 21.9 Å². The molecule has 70 valence electrons. The first kappa shape index (κ1) is 9.13. The van der Waals surface area contributed by atoms with Crippen molar-refractivity contribution in [3.8, 4) is 0 Å². The van der Waals surface area contributed by atoms with Crippen molar-refractivity contribution in [1.82, 2.24) is 10.2 Å². The normalized spacial score (nSPS) is 16.6. The summed E-state index contributed by atoms with van der Waals surface area (Å²) >= 11 is 3.62. The van der Waals surface area contributed by atoms with Crippen LogP contribution in [0.2, 0.25) is 0 Å². The van der Waals surface area contributed by atoms with Crippen LogP contribution in [0, 0.1) is 0 Å². The van der Waals surface area contributed by atoms with E-state index in [1.165, 1.54) is 22.9 Å². The molecule has 0 N–H and O–H groups in total. The average molecular weight is 241 g/mol. The molecule has 3 heteroatoms. The summed E-state index contributed by atoms with van der Waals surface area (Å²) < 4.78 is 1.18. The summed E-state index contributed by atoms with van der Waals surface area (Å²) in [6, 6.07) is 0. The van der Waals surface area contributed by atoms with E-state index in [0.717, 1.165) is 11.6 Å². The van der Waals surface area contributed by atoms with Gasteiger partial charge in [0.2, 0.25) is 0 Å². The Bertz CT molecular complexity index is 298. The Morgan fingerprint density at radius 3 is 2.69 bits per heavy atom. The second-order valence-electron chi connectivity index (χ2n) is 3.93. The fourth-order valence-corrected chi connectivity index (χ4v) is 2.41. The lowest BCUT2D eigenvalue weighted by atomic mass is 10.1. The first-order valence-corrected chi connectivity index (χ1v) is 5.50. The number of aromatic nitrogens is 2. The molecule has 0 aromatic carbocycles. The second kappa shape index (κ2) is 3.37. The highest BCUT2D eigenvalue weighted by molar-refractivity contribution is 9.10. The van der Waals surface area contributed by atoms with Gasteiger partial charge in [0.25, 0.3) is 0 Å². The van der Waals surface area contributed by atoms with Crippen LogP contribution in [0.25, 0.3) is 0 Å². The van der Waals surface area contributed by atoms with Crippen LogP contribution >= 0.6 is 15.9 Å². The van der Waals surface area contributed by atoms with Gasteiger partial charge in [0.15, 0.2) is 0 Å². The summed E-state index contributed by atoms with van der Waals surface area (Å²) in [5, 5.41) is 8.20. The number of rotatable bonds is 2. The van der Waals surface area contributed by atoms with Crippen LogP contribution in [0.1, 0.15) is 49.8 Å². The van der Waals surface area contributed by atoms with Gasteiger partial charge in [-0.25, -0.2) is 0 Å². The highest BCUT2D eigenvalue weighted by atomic mass is 79.9. The molecule has 1 aromatic rings. The Morgan fingerprint density at radius 2 is 2.15 bits per heavy atom. The number of nitrogens with zero attached hydrogens (tertiary/aromatic N) is 2. The average Bonchev–Trinajstić information content (AvgIpc) is 2.87. The molecule has 0 radical (unpaired) electrons. The van der Waals surface area contributed by atoms with E-state index in [2.05, 4.69) is 40.0 Å². The van der Waals surface area contributed by atoms with Crippen molar-refractivity contribution in [2.75, 3.05) is 0 Å². The molecular formula is C10H13BrN2. The number of hydrogen-bond donors (Lipinski definition) is 0. The maximum Gasteiger partial charge on any atom is 0.0801 e. The predicted molar refractivity (Wildman–Crippen MR) is 55.8 cm³/mol. The molecule has 0 atom stereocenters. The van der Waals surface area contributed by atoms with Crippen molar-refractivity contribution in [2.24, 2.45) is 0 Å². The third-order valence-corrected chi connectivity index (χ3v) is 3.27. The third kappa shape index (κ3) is 1.75. The molecule has 1 saturated carbocycles. The SMILES string of the molecule is CC(C)c1nncc(C2CC2)c1Br. The maximum atomic E-state index is 4.15. The maximum absolute atomic E-state index is 4.15. The zero-order valence-electron chi connectivity index (χ0n) is 7.92. The Hall–Kier alpha value is -0.440. The first-order chi connectivity index (χ1) is 6.20. The van der Waals surface area contributed by atoms with E-state index in [4.69, 9.17) is 0 Å². The molecular weight excluding hydrogens is 228 g/mol. The number of halogens is 1. The molecule has 1 aliphatic rings. The smallest absolute Gasteiger partial charge is 0.0801 e. The lowest BCUT2D eigenvalue weighted by Gasteiger charge is -2.09. The molecule has 2 nitrogen and oxygen atoms in total. The molecule has 0 spiro atoms. The highest BCUT2D eigenvalue weighted by Gasteiger charge is 2.27.